The van der Waals surface area contributed by atoms with Crippen LogP contribution in [0.4, 0.5) is 0 Å². The van der Waals surface area contributed by atoms with Gasteiger partial charge in [0, 0.05) is 30.2 Å². The van der Waals surface area contributed by atoms with Gasteiger partial charge in [-0.25, -0.2) is 4.98 Å². The molecule has 38 heavy (non-hydrogen) atoms. The maximum Gasteiger partial charge on any atom is 0.146 e. The van der Waals surface area contributed by atoms with Crippen molar-refractivity contribution in [2.75, 3.05) is 0 Å². The lowest BCUT2D eigenvalue weighted by molar-refractivity contribution is -0.144. The lowest BCUT2D eigenvalue weighted by atomic mass is 9.59. The normalized spacial score (nSPS) is 36.7. The maximum absolute atomic E-state index is 13.5. The van der Waals surface area contributed by atoms with Crippen LogP contribution in [0.3, 0.4) is 0 Å². The molecule has 2 aliphatic carbocycles. The number of rotatable bonds is 3. The number of aliphatic hydroxyl groups is 2. The monoisotopic (exact) mass is 544 g/mol. The highest BCUT2D eigenvalue weighted by molar-refractivity contribution is 7.09. The predicted molar refractivity (Wildman–Crippen MR) is 154 cm³/mol. The lowest BCUT2D eigenvalue weighted by Crippen LogP contribution is -2.47. The van der Waals surface area contributed by atoms with E-state index in [1.807, 2.05) is 12.3 Å². The third-order valence-electron chi connectivity index (χ3n) is 9.26. The van der Waals surface area contributed by atoms with E-state index in [9.17, 15) is 19.8 Å². The van der Waals surface area contributed by atoms with Crippen molar-refractivity contribution in [3.63, 3.8) is 0 Å². The van der Waals surface area contributed by atoms with Crippen molar-refractivity contribution in [3.8, 4) is 0 Å². The lowest BCUT2D eigenvalue weighted by Gasteiger charge is -2.44. The third kappa shape index (κ3) is 6.90. The number of fused-ring (bicyclic) bond motifs is 1. The van der Waals surface area contributed by atoms with E-state index in [2.05, 4.69) is 37.1 Å². The van der Waals surface area contributed by atoms with Crippen LogP contribution >= 0.6 is 11.3 Å². The first-order chi connectivity index (χ1) is 17.9. The summed E-state index contributed by atoms with van der Waals surface area (Å²) < 4.78 is 0. The van der Waals surface area contributed by atoms with Crippen LogP contribution in [0.1, 0.15) is 90.8 Å². The van der Waals surface area contributed by atoms with Crippen LogP contribution in [0, 0.1) is 40.9 Å². The fourth-order valence-electron chi connectivity index (χ4n) is 6.47. The maximum atomic E-state index is 13.5. The highest BCUT2D eigenvalue weighted by atomic mass is 32.1. The number of hydrogen-bond acceptors (Lipinski definition) is 7. The van der Waals surface area contributed by atoms with Crippen LogP contribution < -0.4 is 5.73 Å². The first kappa shape index (κ1) is 30.9. The summed E-state index contributed by atoms with van der Waals surface area (Å²) in [6, 6.07) is 0. The van der Waals surface area contributed by atoms with E-state index < -0.39 is 23.5 Å². The number of carbonyl (C=O) groups is 2. The van der Waals surface area contributed by atoms with Crippen LogP contribution in [0.2, 0.25) is 0 Å². The molecule has 1 saturated carbocycles. The molecule has 6 nitrogen and oxygen atoms in total. The minimum Gasteiger partial charge on any atom is -0.392 e. The molecule has 1 aromatic rings. The number of nitrogens with two attached hydrogens (primary N) is 1. The number of nitrogens with zero attached hydrogens (tertiary/aromatic N) is 1. The van der Waals surface area contributed by atoms with E-state index in [-0.39, 0.29) is 47.6 Å². The van der Waals surface area contributed by atoms with Gasteiger partial charge < -0.3 is 15.9 Å². The Morgan fingerprint density at radius 1 is 1.18 bits per heavy atom. The SMILES string of the molecule is C/C(=C\c1csc(CN)n1)[C@H]1C2CCC2C(=O)C[C@H](O)C(C)(C)C(=O)[C@H](C)[C@@H](O)[C@@H](C)CCC/C=C\[C@@H]1C. The van der Waals surface area contributed by atoms with Crippen LogP contribution in [0.5, 0.6) is 0 Å². The molecule has 2 aliphatic rings. The molecule has 0 bridgehead atoms. The van der Waals surface area contributed by atoms with Gasteiger partial charge in [0.05, 0.1) is 23.3 Å². The van der Waals surface area contributed by atoms with Crippen molar-refractivity contribution in [2.45, 2.75) is 98.8 Å². The van der Waals surface area contributed by atoms with Gasteiger partial charge in [0.25, 0.3) is 0 Å². The molecule has 0 aliphatic heterocycles. The van der Waals surface area contributed by atoms with E-state index in [1.54, 1.807) is 32.1 Å². The highest BCUT2D eigenvalue weighted by Crippen LogP contribution is 2.48. The van der Waals surface area contributed by atoms with Crippen LogP contribution in [-0.4, -0.2) is 39.0 Å². The van der Waals surface area contributed by atoms with Crippen molar-refractivity contribution < 1.29 is 19.8 Å². The van der Waals surface area contributed by atoms with Crippen molar-refractivity contribution in [1.29, 1.82) is 0 Å². The molecular formula is C31H48N2O4S. The number of allylic oxidation sites excluding steroid dienone is 3. The van der Waals surface area contributed by atoms with Gasteiger partial charge in [-0.1, -0.05) is 52.3 Å². The zero-order valence-corrected chi connectivity index (χ0v) is 24.8. The molecule has 0 aromatic carbocycles. The Balaban J connectivity index is 1.92. The molecule has 2 unspecified atom stereocenters. The smallest absolute Gasteiger partial charge is 0.146 e. The Morgan fingerprint density at radius 3 is 2.50 bits per heavy atom. The zero-order chi connectivity index (χ0) is 28.2. The fraction of sp³-hybridized carbons (Fsp3) is 0.710. The number of hydrogen-bond donors (Lipinski definition) is 3. The summed E-state index contributed by atoms with van der Waals surface area (Å²) in [4.78, 5) is 31.5. The molecule has 0 radical (unpaired) electrons. The van der Waals surface area contributed by atoms with Gasteiger partial charge in [-0.2, -0.15) is 0 Å². The number of carbonyl (C=O) groups excluding carboxylic acids is 2. The average molecular weight is 545 g/mol. The van der Waals surface area contributed by atoms with Gasteiger partial charge in [-0.05, 0) is 68.8 Å². The molecule has 212 valence electrons. The molecule has 0 spiro atoms. The quantitative estimate of drug-likeness (QED) is 0.429. The standard InChI is InChI=1S/C31H48N2O4S/c1-18-10-8-7-9-11-19(2)29(36)21(4)30(37)31(5,6)26(35)15-25(34)23-12-13-24(23)28(18)20(3)14-22-17-38-27(16-32)33-22/h8,10,14,17-19,21,23-24,26,28-29,35-36H,7,9,11-13,15-16,32H2,1-6H3/b10-8-,20-14+/t18-,19-,21+,23?,24?,26-,28-,29-/m0/s1. The Labute approximate surface area is 232 Å². The molecule has 0 amide bonds. The minimum atomic E-state index is -1.11. The van der Waals surface area contributed by atoms with Gasteiger partial charge >= 0.3 is 0 Å². The topological polar surface area (TPSA) is 114 Å². The number of Topliss-reactive ketones (excluding diaryl/α,β-unsaturated/α-hetero) is 2. The summed E-state index contributed by atoms with van der Waals surface area (Å²) in [5.74, 6) is -0.306. The second-order valence-electron chi connectivity index (χ2n) is 12.4. The first-order valence-electron chi connectivity index (χ1n) is 14.3. The fourth-order valence-corrected chi connectivity index (χ4v) is 7.10. The first-order valence-corrected chi connectivity index (χ1v) is 15.2. The van der Waals surface area contributed by atoms with Gasteiger partial charge in [-0.3, -0.25) is 9.59 Å². The summed E-state index contributed by atoms with van der Waals surface area (Å²) in [5.41, 5.74) is 6.77. The van der Waals surface area contributed by atoms with Crippen LogP contribution in [-0.2, 0) is 16.1 Å². The van der Waals surface area contributed by atoms with Gasteiger partial charge in [0.15, 0.2) is 0 Å². The third-order valence-corrected chi connectivity index (χ3v) is 10.1. The average Bonchev–Trinajstić information content (AvgIpc) is 3.31. The van der Waals surface area contributed by atoms with Gasteiger partial charge in [-0.15, -0.1) is 11.3 Å². The Morgan fingerprint density at radius 2 is 1.89 bits per heavy atom. The molecule has 3 rings (SSSR count). The molecule has 1 fully saturated rings. The van der Waals surface area contributed by atoms with E-state index in [1.165, 1.54) is 5.57 Å². The second-order valence-corrected chi connectivity index (χ2v) is 13.3. The molecule has 4 N–H and O–H groups in total. The molecule has 1 heterocycles. The number of aromatic nitrogens is 1. The van der Waals surface area contributed by atoms with Crippen LogP contribution in [0.15, 0.2) is 23.1 Å². The van der Waals surface area contributed by atoms with E-state index in [0.717, 1.165) is 42.8 Å². The largest absolute Gasteiger partial charge is 0.392 e. The van der Waals surface area contributed by atoms with E-state index >= 15 is 0 Å². The summed E-state index contributed by atoms with van der Waals surface area (Å²) in [6.07, 6.45) is 9.17. The van der Waals surface area contributed by atoms with Crippen molar-refractivity contribution >= 4 is 29.0 Å². The Hall–Kier alpha value is -1.67. The number of ketones is 2. The van der Waals surface area contributed by atoms with Crippen molar-refractivity contribution in [3.05, 3.63) is 33.8 Å². The van der Waals surface area contributed by atoms with Gasteiger partial charge in [0.2, 0.25) is 0 Å². The van der Waals surface area contributed by atoms with Crippen molar-refractivity contribution in [2.24, 2.45) is 46.7 Å². The Bertz CT molecular complexity index is 1030. The molecule has 8 atom stereocenters. The number of aliphatic hydroxyl groups excluding tert-OH is 2. The predicted octanol–water partition coefficient (Wildman–Crippen LogP) is 5.57. The molecule has 7 heteroatoms. The zero-order valence-electron chi connectivity index (χ0n) is 24.0. The summed E-state index contributed by atoms with van der Waals surface area (Å²) in [7, 11) is 0. The highest BCUT2D eigenvalue weighted by Gasteiger charge is 2.46. The second kappa shape index (κ2) is 13.1. The van der Waals surface area contributed by atoms with E-state index in [0.29, 0.717) is 6.54 Å². The molecular weight excluding hydrogens is 496 g/mol. The van der Waals surface area contributed by atoms with E-state index in [4.69, 9.17) is 5.73 Å². The van der Waals surface area contributed by atoms with Crippen molar-refractivity contribution in [1.82, 2.24) is 4.98 Å². The molecule has 1 aromatic heterocycles. The summed E-state index contributed by atoms with van der Waals surface area (Å²) in [6.45, 7) is 11.9. The summed E-state index contributed by atoms with van der Waals surface area (Å²) in [5, 5.41) is 24.9. The minimum absolute atomic E-state index is 0.0321. The Kier molecular flexibility index (Phi) is 10.7. The van der Waals surface area contributed by atoms with Gasteiger partial charge in [0.1, 0.15) is 16.6 Å². The van der Waals surface area contributed by atoms with Crippen LogP contribution in [0.25, 0.3) is 6.08 Å². The number of thiazole rings is 1. The molecule has 0 saturated heterocycles. The summed E-state index contributed by atoms with van der Waals surface area (Å²) >= 11 is 1.56.